The number of nitrogens with zero attached hydrogens (tertiary/aromatic N) is 5. The maximum Gasteiger partial charge on any atom is 0.246 e. The van der Waals surface area contributed by atoms with Crippen LogP contribution in [0, 0.1) is 24.1 Å². The number of carbonyl (C=O) groups excluding carboxylic acids is 2. The predicted octanol–water partition coefficient (Wildman–Crippen LogP) is 6.14. The van der Waals surface area contributed by atoms with E-state index in [1.807, 2.05) is 47.6 Å². The van der Waals surface area contributed by atoms with E-state index in [-0.39, 0.29) is 20.6 Å². The van der Waals surface area contributed by atoms with Crippen LogP contribution in [0.1, 0.15) is 91.8 Å². The number of aromatic nitrogens is 4. The van der Waals surface area contributed by atoms with Gasteiger partial charge in [-0.3, -0.25) is 19.0 Å². The molecule has 0 saturated heterocycles. The molecule has 292 valence electrons. The second-order valence-electron chi connectivity index (χ2n) is 16.1. The molecule has 2 heterocycles. The maximum absolute atomic E-state index is 13.8. The monoisotopic (exact) mass is 783 g/mol. The highest BCUT2D eigenvalue weighted by molar-refractivity contribution is 7.94. The number of anilines is 2. The number of amides is 2. The van der Waals surface area contributed by atoms with Gasteiger partial charge in [0.1, 0.15) is 26.9 Å². The highest BCUT2D eigenvalue weighted by Crippen LogP contribution is 2.31. The number of aryl methyl sites for hydroxylation is 3. The van der Waals surface area contributed by atoms with Crippen LogP contribution in [0.25, 0.3) is 0 Å². The Balaban J connectivity index is 0.000000290. The number of benzene rings is 2. The zero-order chi connectivity index (χ0) is 41.4. The fourth-order valence-electron chi connectivity index (χ4n) is 4.72. The van der Waals surface area contributed by atoms with Crippen molar-refractivity contribution < 1.29 is 30.8 Å². The maximum atomic E-state index is 13.8. The highest BCUT2D eigenvalue weighted by atomic mass is 32.2. The summed E-state index contributed by atoms with van der Waals surface area (Å²) in [6.07, 6.45) is 0. The quantitative estimate of drug-likeness (QED) is 0.212. The van der Waals surface area contributed by atoms with Gasteiger partial charge >= 0.3 is 0 Å². The third kappa shape index (κ3) is 8.90. The molecule has 0 aliphatic heterocycles. The Bertz CT molecular complexity index is 2320. The minimum atomic E-state index is -4.11. The van der Waals surface area contributed by atoms with E-state index in [2.05, 4.69) is 20.8 Å². The Morgan fingerprint density at radius 1 is 0.667 bits per heavy atom. The normalized spacial score (nSPS) is 12.7. The summed E-state index contributed by atoms with van der Waals surface area (Å²) in [5, 5.41) is 22.9. The topological polar surface area (TPSA) is 186 Å². The van der Waals surface area contributed by atoms with Gasteiger partial charge in [0.15, 0.2) is 19.7 Å². The van der Waals surface area contributed by atoms with Crippen molar-refractivity contribution in [1.29, 1.82) is 5.26 Å². The van der Waals surface area contributed by atoms with E-state index in [4.69, 9.17) is 5.26 Å². The van der Waals surface area contributed by atoms with Crippen LogP contribution in [0.3, 0.4) is 0 Å². The lowest BCUT2D eigenvalue weighted by Gasteiger charge is -2.24. The molecule has 4 rings (SSSR count). The van der Waals surface area contributed by atoms with Gasteiger partial charge in [-0.05, 0) is 76.6 Å². The number of nitriles is 1. The number of sulfone groups is 2. The van der Waals surface area contributed by atoms with Gasteiger partial charge in [-0.1, -0.05) is 47.6 Å². The van der Waals surface area contributed by atoms with Gasteiger partial charge in [0.25, 0.3) is 0 Å². The van der Waals surface area contributed by atoms with Crippen molar-refractivity contribution in [1.82, 2.24) is 19.6 Å². The van der Waals surface area contributed by atoms with E-state index in [0.29, 0.717) is 22.8 Å². The zero-order valence-electron chi connectivity index (χ0n) is 33.1. The van der Waals surface area contributed by atoms with Crippen LogP contribution in [-0.2, 0) is 54.2 Å². The highest BCUT2D eigenvalue weighted by Gasteiger charge is 2.44. The van der Waals surface area contributed by atoms with E-state index >= 15 is 0 Å². The molecule has 0 radical (unpaired) electrons. The van der Waals surface area contributed by atoms with Crippen molar-refractivity contribution in [3.63, 3.8) is 0 Å². The summed E-state index contributed by atoms with van der Waals surface area (Å²) in [6, 6.07) is 14.5. The molecule has 2 N–H and O–H groups in total. The molecule has 0 aliphatic rings. The number of halogens is 1. The van der Waals surface area contributed by atoms with E-state index in [9.17, 15) is 30.8 Å². The Kier molecular flexibility index (Phi) is 12.2. The van der Waals surface area contributed by atoms with Crippen molar-refractivity contribution in [3.8, 4) is 6.07 Å². The molecule has 2 aromatic carbocycles. The van der Waals surface area contributed by atoms with Crippen molar-refractivity contribution in [2.24, 2.45) is 14.1 Å². The first-order valence-electron chi connectivity index (χ1n) is 17.0. The molecule has 2 amide bonds. The lowest BCUT2D eigenvalue weighted by molar-refractivity contribution is -0.118. The Morgan fingerprint density at radius 2 is 1.04 bits per heavy atom. The predicted molar refractivity (Wildman–Crippen MR) is 206 cm³/mol. The van der Waals surface area contributed by atoms with Crippen LogP contribution < -0.4 is 10.6 Å². The summed E-state index contributed by atoms with van der Waals surface area (Å²) < 4.78 is 65.2. The molecule has 4 aromatic rings. The molecule has 0 aliphatic carbocycles. The molecule has 0 spiro atoms. The fraction of sp³-hybridized carbons (Fsp3) is 0.447. The van der Waals surface area contributed by atoms with E-state index in [0.717, 1.165) is 17.5 Å². The summed E-state index contributed by atoms with van der Waals surface area (Å²) in [5.41, 5.74) is 1.81. The summed E-state index contributed by atoms with van der Waals surface area (Å²) in [7, 11) is -4.73. The van der Waals surface area contributed by atoms with Crippen molar-refractivity contribution in [2.45, 2.75) is 106 Å². The number of carbonyl (C=O) groups is 2. The van der Waals surface area contributed by atoms with Gasteiger partial charge in [0.2, 0.25) is 11.8 Å². The van der Waals surface area contributed by atoms with Crippen LogP contribution in [-0.4, -0.2) is 57.7 Å². The molecule has 0 saturated carbocycles. The van der Waals surface area contributed by atoms with Gasteiger partial charge in [0, 0.05) is 37.1 Å². The first-order valence-corrected chi connectivity index (χ1v) is 19.9. The second kappa shape index (κ2) is 15.1. The third-order valence-electron chi connectivity index (χ3n) is 8.96. The Labute approximate surface area is 317 Å². The number of nitrogens with one attached hydrogen (secondary N) is 2. The second-order valence-corrected chi connectivity index (χ2v) is 21.1. The number of hydrogen-bond donors (Lipinski definition) is 2. The molecular weight excluding hydrogens is 734 g/mol. The molecule has 0 atom stereocenters. The van der Waals surface area contributed by atoms with Gasteiger partial charge < -0.3 is 10.6 Å². The van der Waals surface area contributed by atoms with Crippen LogP contribution in [0.5, 0.6) is 0 Å². The van der Waals surface area contributed by atoms with Gasteiger partial charge in [-0.2, -0.15) is 15.5 Å². The van der Waals surface area contributed by atoms with Crippen LogP contribution in [0.2, 0.25) is 0 Å². The summed E-state index contributed by atoms with van der Waals surface area (Å²) >= 11 is 0. The smallest absolute Gasteiger partial charge is 0.246 e. The Hall–Kier alpha value is -4.88. The van der Waals surface area contributed by atoms with E-state index in [1.165, 1.54) is 73.5 Å². The fourth-order valence-corrected chi connectivity index (χ4v) is 7.49. The lowest BCUT2D eigenvalue weighted by Crippen LogP contribution is -2.44. The molecular formula is C38H50FN7O6S2. The van der Waals surface area contributed by atoms with Crippen molar-refractivity contribution in [3.05, 3.63) is 82.9 Å². The molecule has 0 bridgehead atoms. The minimum absolute atomic E-state index is 0.0120. The molecule has 13 nitrogen and oxygen atoms in total. The van der Waals surface area contributed by atoms with Crippen LogP contribution in [0.4, 0.5) is 16.0 Å². The minimum Gasteiger partial charge on any atom is -0.310 e. The van der Waals surface area contributed by atoms with Gasteiger partial charge in [-0.15, -0.1) is 0 Å². The lowest BCUT2D eigenvalue weighted by atomic mass is 9.92. The van der Waals surface area contributed by atoms with Crippen LogP contribution in [0.15, 0.2) is 64.4 Å². The van der Waals surface area contributed by atoms with Crippen LogP contribution >= 0.6 is 0 Å². The average molecular weight is 784 g/mol. The largest absolute Gasteiger partial charge is 0.310 e. The standard InChI is InChI=1S/C19H26FN3O3S.C19H24N4O3S/c1-12-8-9-13(10-14(12)20)27(25,26)19(5,6)17(24)21-16-11-15(18(2,3)4)22-23(16)7;1-18(2,3)15-11-16(23(6)22-15)21-17(24)19(4,5)27(25,26)14-9-7-13(12-20)8-10-14/h8-11H,1-7H3,(H,21,24);7-11H,1-6H3,(H,21,24). The first-order chi connectivity index (χ1) is 24.5. The van der Waals surface area contributed by atoms with Gasteiger partial charge in [0.05, 0.1) is 32.8 Å². The summed E-state index contributed by atoms with van der Waals surface area (Å²) in [6.45, 7) is 18.8. The molecule has 0 unspecified atom stereocenters. The van der Waals surface area contributed by atoms with E-state index in [1.54, 1.807) is 33.2 Å². The van der Waals surface area contributed by atoms with Gasteiger partial charge in [-0.25, -0.2) is 21.2 Å². The SMILES string of the molecule is Cc1ccc(S(=O)(=O)C(C)(C)C(=O)Nc2cc(C(C)(C)C)nn2C)cc1F.Cn1nc(C(C)(C)C)cc1NC(=O)C(C)(C)S(=O)(=O)c1ccc(C#N)cc1. The zero-order valence-corrected chi connectivity index (χ0v) is 34.7. The number of rotatable bonds is 8. The molecule has 54 heavy (non-hydrogen) atoms. The Morgan fingerprint density at radius 3 is 1.37 bits per heavy atom. The van der Waals surface area contributed by atoms with Crippen molar-refractivity contribution >= 4 is 43.1 Å². The summed E-state index contributed by atoms with van der Waals surface area (Å²) in [5.74, 6) is -1.19. The van der Waals surface area contributed by atoms with Crippen molar-refractivity contribution in [2.75, 3.05) is 10.6 Å². The average Bonchev–Trinajstić information content (AvgIpc) is 3.63. The molecule has 0 fully saturated rings. The summed E-state index contributed by atoms with van der Waals surface area (Å²) in [4.78, 5) is 25.4. The first kappa shape index (κ1) is 43.5. The third-order valence-corrected chi connectivity index (χ3v) is 13.8. The molecule has 16 heteroatoms. The molecule has 2 aromatic heterocycles. The van der Waals surface area contributed by atoms with E-state index < -0.39 is 46.8 Å². The number of hydrogen-bond acceptors (Lipinski definition) is 9.